The fourth-order valence-corrected chi connectivity index (χ4v) is 2.89. The first-order chi connectivity index (χ1) is 16.4. The zero-order valence-electron chi connectivity index (χ0n) is 17.4. The number of hydrogen-bond donors (Lipinski definition) is 4. The molecule has 0 unspecified atom stereocenters. The molecule has 34 heavy (non-hydrogen) atoms. The lowest BCUT2D eigenvalue weighted by molar-refractivity contribution is -0.384. The molecule has 4 N–H and O–H groups in total. The maximum Gasteiger partial charge on any atom is 0.294 e. The van der Waals surface area contributed by atoms with Crippen LogP contribution in [0, 0.1) is 20.2 Å². The Bertz CT molecular complexity index is 1140. The predicted molar refractivity (Wildman–Crippen MR) is 124 cm³/mol. The Morgan fingerprint density at radius 3 is 1.82 bits per heavy atom. The normalized spacial score (nSPS) is 10.1. The summed E-state index contributed by atoms with van der Waals surface area (Å²) in [4.78, 5) is 50.9. The average molecular weight is 466 g/mol. The van der Waals surface area contributed by atoms with Crippen molar-refractivity contribution in [1.29, 1.82) is 0 Å². The van der Waals surface area contributed by atoms with Crippen molar-refractivity contribution in [2.75, 3.05) is 34.4 Å². The molecule has 0 radical (unpaired) electrons. The molecule has 0 aliphatic carbocycles. The van der Waals surface area contributed by atoms with E-state index < -0.39 is 9.85 Å². The highest BCUT2D eigenvalue weighted by Gasteiger charge is 2.16. The number of benzene rings is 2. The fourth-order valence-electron chi connectivity index (χ4n) is 2.89. The molecule has 1 heterocycles. The molecule has 0 saturated heterocycles. The van der Waals surface area contributed by atoms with E-state index in [2.05, 4.69) is 31.2 Å². The second kappa shape index (κ2) is 10.9. The second-order valence-corrected chi connectivity index (χ2v) is 6.59. The van der Waals surface area contributed by atoms with Crippen molar-refractivity contribution < 1.29 is 19.4 Å². The molecule has 0 aliphatic heterocycles. The number of nitro groups is 2. The third-order valence-corrected chi connectivity index (χ3v) is 4.32. The van der Waals surface area contributed by atoms with Crippen LogP contribution in [0.15, 0.2) is 48.7 Å². The van der Waals surface area contributed by atoms with Gasteiger partial charge in [0, 0.05) is 29.7 Å². The van der Waals surface area contributed by atoms with Gasteiger partial charge in [0.1, 0.15) is 29.8 Å². The Kier molecular flexibility index (Phi) is 7.57. The van der Waals surface area contributed by atoms with E-state index in [1.54, 1.807) is 12.1 Å². The van der Waals surface area contributed by atoms with Crippen LogP contribution in [0.4, 0.5) is 45.9 Å². The predicted octanol–water partition coefficient (Wildman–Crippen LogP) is 3.00. The van der Waals surface area contributed by atoms with Crippen LogP contribution in [0.2, 0.25) is 0 Å². The van der Waals surface area contributed by atoms with Gasteiger partial charge in [0.2, 0.25) is 5.95 Å². The van der Waals surface area contributed by atoms with Gasteiger partial charge < -0.3 is 30.9 Å². The summed E-state index contributed by atoms with van der Waals surface area (Å²) in [6.07, 6.45) is 2.61. The Morgan fingerprint density at radius 1 is 0.794 bits per heavy atom. The van der Waals surface area contributed by atoms with Crippen LogP contribution in [-0.4, -0.2) is 45.5 Å². The van der Waals surface area contributed by atoms with Crippen molar-refractivity contribution in [3.8, 4) is 0 Å². The number of carbonyl (C=O) groups excluding carboxylic acids is 2. The Balaban J connectivity index is 1.79. The minimum Gasteiger partial charge on any atom is -0.373 e. The molecule has 174 valence electrons. The summed E-state index contributed by atoms with van der Waals surface area (Å²) < 4.78 is 0. The number of aromatic nitrogens is 2. The summed E-state index contributed by atoms with van der Waals surface area (Å²) in [7, 11) is 0. The molecular weight excluding hydrogens is 448 g/mol. The van der Waals surface area contributed by atoms with E-state index >= 15 is 0 Å². The lowest BCUT2D eigenvalue weighted by Crippen LogP contribution is -2.06. The summed E-state index contributed by atoms with van der Waals surface area (Å²) in [5.41, 5.74) is 0.620. The molecule has 14 heteroatoms. The van der Waals surface area contributed by atoms with Gasteiger partial charge in [0.15, 0.2) is 0 Å². The zero-order chi connectivity index (χ0) is 24.5. The van der Waals surface area contributed by atoms with Gasteiger partial charge in [0.05, 0.1) is 22.9 Å². The van der Waals surface area contributed by atoms with Crippen molar-refractivity contribution in [2.45, 2.75) is 0 Å². The number of nitro benzene ring substituents is 2. The summed E-state index contributed by atoms with van der Waals surface area (Å²) in [6.45, 7) is -0.141. The maximum absolute atomic E-state index is 11.3. The second-order valence-electron chi connectivity index (χ2n) is 6.59. The standard InChI is InChI=1S/C20H18N8O6/c29-9-7-21-15-3-1-13(11-17(15)27(31)32)24-19-5-6-23-20(26-19)25-14-2-4-16(22-8-10-30)18(12-14)28(33)34/h1-6,9-12,21-22H,7-8H2,(H2,23,24,25,26). The number of nitrogens with zero attached hydrogens (tertiary/aromatic N) is 4. The van der Waals surface area contributed by atoms with Gasteiger partial charge in [-0.3, -0.25) is 20.2 Å². The highest BCUT2D eigenvalue weighted by Crippen LogP contribution is 2.30. The van der Waals surface area contributed by atoms with Gasteiger partial charge in [-0.2, -0.15) is 4.98 Å². The van der Waals surface area contributed by atoms with Crippen molar-refractivity contribution >= 4 is 58.5 Å². The number of carbonyl (C=O) groups is 2. The van der Waals surface area contributed by atoms with E-state index in [1.165, 1.54) is 36.5 Å². The van der Waals surface area contributed by atoms with Crippen LogP contribution < -0.4 is 21.3 Å². The molecule has 0 saturated carbocycles. The number of rotatable bonds is 12. The van der Waals surface area contributed by atoms with Crippen molar-refractivity contribution in [3.05, 3.63) is 68.9 Å². The first-order valence-electron chi connectivity index (χ1n) is 9.70. The Labute approximate surface area is 191 Å². The van der Waals surface area contributed by atoms with Crippen LogP contribution in [0.5, 0.6) is 0 Å². The molecular formula is C20H18N8O6. The van der Waals surface area contributed by atoms with Crippen LogP contribution in [0.1, 0.15) is 0 Å². The molecule has 0 spiro atoms. The molecule has 3 aromatic rings. The number of anilines is 6. The van der Waals surface area contributed by atoms with Gasteiger partial charge >= 0.3 is 0 Å². The highest BCUT2D eigenvalue weighted by molar-refractivity contribution is 5.74. The Morgan fingerprint density at radius 2 is 1.32 bits per heavy atom. The Hall–Kier alpha value is -5.14. The largest absolute Gasteiger partial charge is 0.373 e. The van der Waals surface area contributed by atoms with E-state index in [9.17, 15) is 29.8 Å². The molecule has 3 rings (SSSR count). The molecule has 0 fully saturated rings. The SMILES string of the molecule is O=CCNc1ccc(Nc2ccnc(Nc3ccc(NCC=O)c([N+](=O)[O-])c3)n2)cc1[N+](=O)[O-]. The monoisotopic (exact) mass is 466 g/mol. The third-order valence-electron chi connectivity index (χ3n) is 4.32. The molecule has 0 atom stereocenters. The van der Waals surface area contributed by atoms with Gasteiger partial charge in [-0.15, -0.1) is 0 Å². The van der Waals surface area contributed by atoms with Crippen molar-refractivity contribution in [2.24, 2.45) is 0 Å². The highest BCUT2D eigenvalue weighted by atomic mass is 16.6. The van der Waals surface area contributed by atoms with Crippen LogP contribution in [0.25, 0.3) is 0 Å². The van der Waals surface area contributed by atoms with Crippen molar-refractivity contribution in [1.82, 2.24) is 9.97 Å². The van der Waals surface area contributed by atoms with Crippen LogP contribution in [-0.2, 0) is 9.59 Å². The van der Waals surface area contributed by atoms with Crippen LogP contribution >= 0.6 is 0 Å². The third kappa shape index (κ3) is 5.97. The maximum atomic E-state index is 11.3. The van der Waals surface area contributed by atoms with Crippen LogP contribution in [0.3, 0.4) is 0 Å². The molecule has 1 aromatic heterocycles. The first kappa shape index (κ1) is 23.5. The quantitative estimate of drug-likeness (QED) is 0.173. The van der Waals surface area contributed by atoms with Gasteiger partial charge in [-0.1, -0.05) is 0 Å². The molecule has 0 aliphatic rings. The minimum absolute atomic E-state index is 0.0686. The average Bonchev–Trinajstić information content (AvgIpc) is 2.82. The fraction of sp³-hybridized carbons (Fsp3) is 0.100. The number of aldehydes is 2. The lowest BCUT2D eigenvalue weighted by atomic mass is 10.2. The number of nitrogens with one attached hydrogen (secondary N) is 4. The van der Waals surface area contributed by atoms with E-state index in [1.807, 2.05) is 0 Å². The minimum atomic E-state index is -0.586. The molecule has 0 bridgehead atoms. The van der Waals surface area contributed by atoms with Gasteiger partial charge in [-0.25, -0.2) is 4.98 Å². The van der Waals surface area contributed by atoms with E-state index in [-0.39, 0.29) is 41.8 Å². The van der Waals surface area contributed by atoms with Crippen molar-refractivity contribution in [3.63, 3.8) is 0 Å². The summed E-state index contributed by atoms with van der Waals surface area (Å²) in [5, 5.41) is 33.8. The topological polar surface area (TPSA) is 194 Å². The van der Waals surface area contributed by atoms with E-state index in [4.69, 9.17) is 0 Å². The van der Waals surface area contributed by atoms with E-state index in [0.29, 0.717) is 29.8 Å². The van der Waals surface area contributed by atoms with Gasteiger partial charge in [-0.05, 0) is 30.3 Å². The number of hydrogen-bond acceptors (Lipinski definition) is 12. The zero-order valence-corrected chi connectivity index (χ0v) is 17.4. The summed E-state index contributed by atoms with van der Waals surface area (Å²) >= 11 is 0. The molecule has 0 amide bonds. The summed E-state index contributed by atoms with van der Waals surface area (Å²) in [5.74, 6) is 0.422. The lowest BCUT2D eigenvalue weighted by Gasteiger charge is -2.11. The smallest absolute Gasteiger partial charge is 0.294 e. The van der Waals surface area contributed by atoms with Gasteiger partial charge in [0.25, 0.3) is 11.4 Å². The van der Waals surface area contributed by atoms with E-state index in [0.717, 1.165) is 0 Å². The molecule has 14 nitrogen and oxygen atoms in total. The molecule has 2 aromatic carbocycles. The summed E-state index contributed by atoms with van der Waals surface area (Å²) in [6, 6.07) is 10.1. The first-order valence-corrected chi connectivity index (χ1v) is 9.70.